The number of aromatic nitrogens is 2. The molecule has 1 aromatic heterocycles. The van der Waals surface area contributed by atoms with Crippen LogP contribution in [0.25, 0.3) is 22.0 Å². The summed E-state index contributed by atoms with van der Waals surface area (Å²) in [5, 5.41) is 2.33. The van der Waals surface area contributed by atoms with Gasteiger partial charge >= 0.3 is 0 Å². The van der Waals surface area contributed by atoms with Crippen molar-refractivity contribution < 1.29 is 18.9 Å². The largest absolute Gasteiger partial charge is 0.497 e. The maximum Gasteiger partial charge on any atom is 0.128 e. The lowest BCUT2D eigenvalue weighted by Crippen LogP contribution is -2.36. The zero-order valence-electron chi connectivity index (χ0n) is 21.7. The van der Waals surface area contributed by atoms with Crippen LogP contribution in [0.4, 0.5) is 5.69 Å². The first-order valence-corrected chi connectivity index (χ1v) is 12.7. The molecule has 1 aliphatic rings. The topological polar surface area (TPSA) is 65.9 Å². The van der Waals surface area contributed by atoms with Crippen LogP contribution in [0.15, 0.2) is 60.8 Å². The Morgan fingerprint density at radius 2 is 1.57 bits per heavy atom. The van der Waals surface area contributed by atoms with E-state index in [1.54, 1.807) is 21.3 Å². The molecule has 0 aliphatic carbocycles. The predicted octanol–water partition coefficient (Wildman–Crippen LogP) is 5.33. The Kier molecular flexibility index (Phi) is 7.70. The monoisotopic (exact) mass is 499 g/mol. The van der Waals surface area contributed by atoms with E-state index in [0.29, 0.717) is 0 Å². The number of benzene rings is 3. The van der Waals surface area contributed by atoms with E-state index in [2.05, 4.69) is 46.3 Å². The zero-order valence-corrected chi connectivity index (χ0v) is 21.7. The van der Waals surface area contributed by atoms with E-state index in [1.807, 2.05) is 24.4 Å². The van der Waals surface area contributed by atoms with Crippen LogP contribution in [0.1, 0.15) is 17.8 Å². The molecular formula is C30H33N3O4. The number of nitrogens with zero attached hydrogens (tertiary/aromatic N) is 3. The maximum absolute atomic E-state index is 5.60. The van der Waals surface area contributed by atoms with Crippen molar-refractivity contribution in [2.24, 2.45) is 0 Å². The van der Waals surface area contributed by atoms with Crippen molar-refractivity contribution in [3.05, 3.63) is 72.2 Å². The minimum absolute atomic E-state index is 0.729. The van der Waals surface area contributed by atoms with Gasteiger partial charge in [0.1, 0.15) is 23.1 Å². The van der Waals surface area contributed by atoms with E-state index in [0.717, 1.165) is 85.3 Å². The fraction of sp³-hybridized carbons (Fsp3) is 0.333. The van der Waals surface area contributed by atoms with Crippen LogP contribution in [0, 0.1) is 0 Å². The van der Waals surface area contributed by atoms with Gasteiger partial charge < -0.3 is 23.8 Å². The normalized spacial score (nSPS) is 13.5. The first-order valence-electron chi connectivity index (χ1n) is 12.7. The van der Waals surface area contributed by atoms with Crippen molar-refractivity contribution in [2.75, 3.05) is 52.5 Å². The first-order chi connectivity index (χ1) is 18.2. The Morgan fingerprint density at radius 1 is 0.811 bits per heavy atom. The van der Waals surface area contributed by atoms with Crippen LogP contribution in [-0.4, -0.2) is 57.6 Å². The molecule has 2 heterocycles. The van der Waals surface area contributed by atoms with Crippen molar-refractivity contribution in [3.63, 3.8) is 0 Å². The van der Waals surface area contributed by atoms with Gasteiger partial charge in [0.05, 0.1) is 40.2 Å². The van der Waals surface area contributed by atoms with Crippen LogP contribution < -0.4 is 19.1 Å². The van der Waals surface area contributed by atoms with Gasteiger partial charge in [0, 0.05) is 48.4 Å². The van der Waals surface area contributed by atoms with Gasteiger partial charge in [-0.1, -0.05) is 6.07 Å². The Morgan fingerprint density at radius 3 is 2.30 bits per heavy atom. The van der Waals surface area contributed by atoms with Gasteiger partial charge in [-0.05, 0) is 66.3 Å². The standard InChI is InChI=1S/C30H33N3O4/c1-34-24-8-7-22-17-23(18-29(27(22)20-24)33-11-13-37-14-12-33)28-9-10-31-30(32-28)6-4-5-21-15-25(35-2)19-26(16-21)36-3/h7-10,15-20H,4-6,11-14H2,1-3H3. The highest BCUT2D eigenvalue weighted by atomic mass is 16.5. The first kappa shape index (κ1) is 24.8. The second-order valence-corrected chi connectivity index (χ2v) is 9.11. The molecular weight excluding hydrogens is 466 g/mol. The molecule has 0 amide bonds. The summed E-state index contributed by atoms with van der Waals surface area (Å²) in [6, 6.07) is 18.7. The minimum Gasteiger partial charge on any atom is -0.497 e. The molecule has 0 unspecified atom stereocenters. The number of rotatable bonds is 9. The third kappa shape index (κ3) is 5.78. The molecule has 0 atom stereocenters. The number of anilines is 1. The Balaban J connectivity index is 1.39. The Labute approximate surface area is 218 Å². The number of hydrogen-bond donors (Lipinski definition) is 0. The molecule has 37 heavy (non-hydrogen) atoms. The number of aryl methyl sites for hydroxylation is 2. The Bertz CT molecular complexity index is 1350. The van der Waals surface area contributed by atoms with Gasteiger partial charge in [-0.3, -0.25) is 0 Å². The van der Waals surface area contributed by atoms with Gasteiger partial charge in [-0.2, -0.15) is 0 Å². The maximum atomic E-state index is 5.60. The van der Waals surface area contributed by atoms with E-state index in [1.165, 1.54) is 16.6 Å². The van der Waals surface area contributed by atoms with Gasteiger partial charge in [-0.15, -0.1) is 0 Å². The summed E-state index contributed by atoms with van der Waals surface area (Å²) in [7, 11) is 5.05. The van der Waals surface area contributed by atoms with Crippen molar-refractivity contribution >= 4 is 16.5 Å². The average molecular weight is 500 g/mol. The highest BCUT2D eigenvalue weighted by Crippen LogP contribution is 2.35. The molecule has 0 N–H and O–H groups in total. The summed E-state index contributed by atoms with van der Waals surface area (Å²) in [5.41, 5.74) is 4.37. The number of fused-ring (bicyclic) bond motifs is 1. The molecule has 3 aromatic carbocycles. The lowest BCUT2D eigenvalue weighted by Gasteiger charge is -2.30. The third-order valence-corrected chi connectivity index (χ3v) is 6.77. The predicted molar refractivity (Wildman–Crippen MR) is 146 cm³/mol. The van der Waals surface area contributed by atoms with E-state index in [9.17, 15) is 0 Å². The molecule has 7 nitrogen and oxygen atoms in total. The molecule has 1 fully saturated rings. The highest BCUT2D eigenvalue weighted by molar-refractivity contribution is 5.98. The summed E-state index contributed by atoms with van der Waals surface area (Å²) in [4.78, 5) is 11.9. The van der Waals surface area contributed by atoms with E-state index in [-0.39, 0.29) is 0 Å². The van der Waals surface area contributed by atoms with Gasteiger partial charge in [0.15, 0.2) is 0 Å². The second kappa shape index (κ2) is 11.5. The van der Waals surface area contributed by atoms with Gasteiger partial charge in [-0.25, -0.2) is 9.97 Å². The SMILES string of the molecule is COc1cc(CCCc2nccc(-c3cc(N4CCOCC4)c4cc(OC)ccc4c3)n2)cc(OC)c1. The molecule has 1 saturated heterocycles. The smallest absolute Gasteiger partial charge is 0.128 e. The summed E-state index contributed by atoms with van der Waals surface area (Å²) in [6.45, 7) is 3.18. The molecule has 1 aliphatic heterocycles. The number of methoxy groups -OCH3 is 3. The summed E-state index contributed by atoms with van der Waals surface area (Å²) >= 11 is 0. The molecule has 192 valence electrons. The van der Waals surface area contributed by atoms with E-state index < -0.39 is 0 Å². The second-order valence-electron chi connectivity index (χ2n) is 9.11. The fourth-order valence-corrected chi connectivity index (χ4v) is 4.80. The zero-order chi connectivity index (χ0) is 25.6. The molecule has 0 spiro atoms. The molecule has 7 heteroatoms. The Hall–Kier alpha value is -3.84. The number of ether oxygens (including phenoxy) is 4. The summed E-state index contributed by atoms with van der Waals surface area (Å²) in [6.07, 6.45) is 4.46. The van der Waals surface area contributed by atoms with Crippen LogP contribution >= 0.6 is 0 Å². The highest BCUT2D eigenvalue weighted by Gasteiger charge is 2.17. The summed E-state index contributed by atoms with van der Waals surface area (Å²) < 4.78 is 21.9. The molecule has 0 bridgehead atoms. The van der Waals surface area contributed by atoms with Crippen molar-refractivity contribution in [3.8, 4) is 28.5 Å². The average Bonchev–Trinajstić information content (AvgIpc) is 2.96. The van der Waals surface area contributed by atoms with Crippen molar-refractivity contribution in [1.82, 2.24) is 9.97 Å². The lowest BCUT2D eigenvalue weighted by atomic mass is 10.0. The number of morpholine rings is 1. The molecule has 5 rings (SSSR count). The van der Waals surface area contributed by atoms with Gasteiger partial charge in [0.25, 0.3) is 0 Å². The van der Waals surface area contributed by atoms with Crippen LogP contribution in [0.5, 0.6) is 17.2 Å². The van der Waals surface area contributed by atoms with Crippen LogP contribution in [0.3, 0.4) is 0 Å². The van der Waals surface area contributed by atoms with Gasteiger partial charge in [0.2, 0.25) is 0 Å². The lowest BCUT2D eigenvalue weighted by molar-refractivity contribution is 0.123. The molecule has 0 radical (unpaired) electrons. The quantitative estimate of drug-likeness (QED) is 0.308. The van der Waals surface area contributed by atoms with E-state index in [4.69, 9.17) is 23.9 Å². The molecule has 4 aromatic rings. The van der Waals surface area contributed by atoms with Crippen LogP contribution in [-0.2, 0) is 17.6 Å². The number of hydrogen-bond acceptors (Lipinski definition) is 7. The molecule has 0 saturated carbocycles. The fourth-order valence-electron chi connectivity index (χ4n) is 4.80. The third-order valence-electron chi connectivity index (χ3n) is 6.77. The van der Waals surface area contributed by atoms with E-state index >= 15 is 0 Å². The summed E-state index contributed by atoms with van der Waals surface area (Å²) in [5.74, 6) is 3.30. The van der Waals surface area contributed by atoms with Crippen molar-refractivity contribution in [2.45, 2.75) is 19.3 Å². The van der Waals surface area contributed by atoms with Crippen molar-refractivity contribution in [1.29, 1.82) is 0 Å². The minimum atomic E-state index is 0.729. The van der Waals surface area contributed by atoms with Crippen LogP contribution in [0.2, 0.25) is 0 Å².